The van der Waals surface area contributed by atoms with Gasteiger partial charge in [0, 0.05) is 4.90 Å². The normalized spacial score (nSPS) is 32.8. The van der Waals surface area contributed by atoms with E-state index in [-0.39, 0.29) is 13.2 Å². The Hall–Kier alpha value is -0.890. The van der Waals surface area contributed by atoms with E-state index < -0.39 is 29.9 Å². The smallest absolute Gasteiger partial charge is 0.136 e. The Labute approximate surface area is 128 Å². The van der Waals surface area contributed by atoms with E-state index >= 15 is 0 Å². The van der Waals surface area contributed by atoms with Gasteiger partial charge >= 0.3 is 0 Å². The van der Waals surface area contributed by atoms with Crippen LogP contribution in [0.1, 0.15) is 0 Å². The van der Waals surface area contributed by atoms with Crippen molar-refractivity contribution in [3.05, 3.63) is 43.0 Å². The molecule has 5 nitrogen and oxygen atoms in total. The van der Waals surface area contributed by atoms with Gasteiger partial charge in [-0.2, -0.15) is 0 Å². The molecular weight excluding hydrogens is 292 g/mol. The van der Waals surface area contributed by atoms with Crippen LogP contribution in [0.4, 0.5) is 0 Å². The van der Waals surface area contributed by atoms with Gasteiger partial charge in [0.1, 0.15) is 29.9 Å². The van der Waals surface area contributed by atoms with Crippen molar-refractivity contribution in [1.29, 1.82) is 0 Å². The van der Waals surface area contributed by atoms with E-state index in [1.54, 1.807) is 6.08 Å². The molecule has 1 aliphatic rings. The quantitative estimate of drug-likeness (QED) is 0.674. The third-order valence-electron chi connectivity index (χ3n) is 3.22. The summed E-state index contributed by atoms with van der Waals surface area (Å²) in [5.41, 5.74) is -0.622. The maximum Gasteiger partial charge on any atom is 0.136 e. The summed E-state index contributed by atoms with van der Waals surface area (Å²) in [6, 6.07) is 9.49. The molecule has 0 radical (unpaired) electrons. The summed E-state index contributed by atoms with van der Waals surface area (Å²) in [5, 5.41) is 29.8. The average molecular weight is 312 g/mol. The van der Waals surface area contributed by atoms with Crippen LogP contribution in [0.15, 0.2) is 47.9 Å². The summed E-state index contributed by atoms with van der Waals surface area (Å²) in [7, 11) is 0. The standard InChI is InChI=1S/C15H20O5S/c1-2-8-19-14-12(17)11(9-16)20-15(13(14)18)21-10-6-4-3-5-7-10/h2-7,11-18H,1,8-9H2/t11-,12+,13-,14+,15+/m1/s1. The van der Waals surface area contributed by atoms with Crippen LogP contribution in [-0.4, -0.2) is 58.4 Å². The highest BCUT2D eigenvalue weighted by molar-refractivity contribution is 7.99. The number of hydrogen-bond acceptors (Lipinski definition) is 6. The molecule has 1 saturated heterocycles. The Morgan fingerprint density at radius 2 is 1.95 bits per heavy atom. The molecule has 0 aromatic heterocycles. The highest BCUT2D eigenvalue weighted by Crippen LogP contribution is 2.34. The Morgan fingerprint density at radius 1 is 1.24 bits per heavy atom. The molecule has 1 aliphatic heterocycles. The van der Waals surface area contributed by atoms with Gasteiger partial charge in [-0.3, -0.25) is 0 Å². The predicted molar refractivity (Wildman–Crippen MR) is 80.0 cm³/mol. The highest BCUT2D eigenvalue weighted by atomic mass is 32.2. The summed E-state index contributed by atoms with van der Waals surface area (Å²) in [6.45, 7) is 3.42. The van der Waals surface area contributed by atoms with Gasteiger partial charge in [0.05, 0.1) is 13.2 Å². The van der Waals surface area contributed by atoms with Crippen LogP contribution in [0, 0.1) is 0 Å². The van der Waals surface area contributed by atoms with Crippen molar-refractivity contribution in [3.63, 3.8) is 0 Å². The average Bonchev–Trinajstić information content (AvgIpc) is 2.51. The molecular formula is C15H20O5S. The van der Waals surface area contributed by atoms with Gasteiger partial charge in [-0.1, -0.05) is 36.0 Å². The Balaban J connectivity index is 2.10. The molecule has 5 atom stereocenters. The zero-order chi connectivity index (χ0) is 15.2. The fourth-order valence-electron chi connectivity index (χ4n) is 2.16. The van der Waals surface area contributed by atoms with E-state index in [1.165, 1.54) is 11.8 Å². The van der Waals surface area contributed by atoms with Crippen molar-refractivity contribution in [2.24, 2.45) is 0 Å². The van der Waals surface area contributed by atoms with Crippen molar-refractivity contribution in [1.82, 2.24) is 0 Å². The van der Waals surface area contributed by atoms with Crippen LogP contribution in [0.5, 0.6) is 0 Å². The first-order valence-electron chi connectivity index (χ1n) is 6.74. The second kappa shape index (κ2) is 7.93. The lowest BCUT2D eigenvalue weighted by Gasteiger charge is -2.41. The minimum Gasteiger partial charge on any atom is -0.394 e. The largest absolute Gasteiger partial charge is 0.394 e. The fourth-order valence-corrected chi connectivity index (χ4v) is 3.23. The molecule has 0 bridgehead atoms. The topological polar surface area (TPSA) is 79.2 Å². The molecule has 116 valence electrons. The Kier molecular flexibility index (Phi) is 6.22. The van der Waals surface area contributed by atoms with Crippen molar-refractivity contribution in [3.8, 4) is 0 Å². The minimum atomic E-state index is -1.09. The molecule has 0 aliphatic carbocycles. The van der Waals surface area contributed by atoms with Crippen LogP contribution in [0.3, 0.4) is 0 Å². The molecule has 3 N–H and O–H groups in total. The minimum absolute atomic E-state index is 0.208. The summed E-state index contributed by atoms with van der Waals surface area (Å²) >= 11 is 1.33. The number of ether oxygens (including phenoxy) is 2. The monoisotopic (exact) mass is 312 g/mol. The third-order valence-corrected chi connectivity index (χ3v) is 4.39. The number of benzene rings is 1. The summed E-state index contributed by atoms with van der Waals surface area (Å²) in [6.07, 6.45) is -2.16. The molecule has 1 heterocycles. The molecule has 2 rings (SSSR count). The molecule has 6 heteroatoms. The second-order valence-corrected chi connectivity index (χ2v) is 5.90. The van der Waals surface area contributed by atoms with Gasteiger partial charge in [-0.25, -0.2) is 0 Å². The van der Waals surface area contributed by atoms with Crippen molar-refractivity contribution >= 4 is 11.8 Å². The number of hydrogen-bond donors (Lipinski definition) is 3. The number of thioether (sulfide) groups is 1. The highest BCUT2D eigenvalue weighted by Gasteiger charge is 2.45. The van der Waals surface area contributed by atoms with Crippen molar-refractivity contribution < 1.29 is 24.8 Å². The van der Waals surface area contributed by atoms with Gasteiger partial charge in [-0.05, 0) is 12.1 Å². The number of aliphatic hydroxyl groups excluding tert-OH is 3. The van der Waals surface area contributed by atoms with E-state index in [0.29, 0.717) is 0 Å². The van der Waals surface area contributed by atoms with Crippen molar-refractivity contribution in [2.45, 2.75) is 34.7 Å². The third kappa shape index (κ3) is 4.06. The summed E-state index contributed by atoms with van der Waals surface area (Å²) in [5.74, 6) is 0. The Morgan fingerprint density at radius 3 is 2.57 bits per heavy atom. The SMILES string of the molecule is C=CCO[C@H]1[C@@H](O)[C@@H](CO)O[C@@H](Sc2ccccc2)[C@@H]1O. The van der Waals surface area contributed by atoms with E-state index in [2.05, 4.69) is 6.58 Å². The van der Waals surface area contributed by atoms with E-state index in [0.717, 1.165) is 4.90 Å². The lowest BCUT2D eigenvalue weighted by atomic mass is 10.00. The lowest BCUT2D eigenvalue weighted by Crippen LogP contribution is -2.58. The van der Waals surface area contributed by atoms with Gasteiger partial charge in [-0.15, -0.1) is 6.58 Å². The predicted octanol–water partition coefficient (Wildman–Crippen LogP) is 0.789. The molecule has 0 saturated carbocycles. The zero-order valence-corrected chi connectivity index (χ0v) is 12.4. The van der Waals surface area contributed by atoms with Crippen molar-refractivity contribution in [2.75, 3.05) is 13.2 Å². The number of rotatable bonds is 6. The van der Waals surface area contributed by atoms with Crippen LogP contribution in [-0.2, 0) is 9.47 Å². The van der Waals surface area contributed by atoms with E-state index in [4.69, 9.17) is 9.47 Å². The lowest BCUT2D eigenvalue weighted by molar-refractivity contribution is -0.217. The Bertz CT molecular complexity index is 441. The zero-order valence-electron chi connectivity index (χ0n) is 11.5. The molecule has 1 fully saturated rings. The molecule has 0 spiro atoms. The van der Waals surface area contributed by atoms with Crippen LogP contribution >= 0.6 is 11.8 Å². The van der Waals surface area contributed by atoms with E-state index in [9.17, 15) is 15.3 Å². The first-order valence-corrected chi connectivity index (χ1v) is 7.62. The first-order chi connectivity index (χ1) is 10.2. The van der Waals surface area contributed by atoms with Gasteiger partial charge < -0.3 is 24.8 Å². The first kappa shape index (κ1) is 16.5. The molecule has 0 amide bonds. The summed E-state index contributed by atoms with van der Waals surface area (Å²) < 4.78 is 11.0. The van der Waals surface area contributed by atoms with Gasteiger partial charge in [0.25, 0.3) is 0 Å². The maximum absolute atomic E-state index is 10.4. The fraction of sp³-hybridized carbons (Fsp3) is 0.467. The summed E-state index contributed by atoms with van der Waals surface area (Å²) in [4.78, 5) is 0.928. The molecule has 21 heavy (non-hydrogen) atoms. The maximum atomic E-state index is 10.4. The molecule has 0 unspecified atom stereocenters. The molecule has 1 aromatic rings. The number of aliphatic hydroxyl groups is 3. The van der Waals surface area contributed by atoms with Crippen LogP contribution in [0.2, 0.25) is 0 Å². The van der Waals surface area contributed by atoms with Crippen LogP contribution in [0.25, 0.3) is 0 Å². The van der Waals surface area contributed by atoms with Gasteiger partial charge in [0.2, 0.25) is 0 Å². The van der Waals surface area contributed by atoms with Crippen LogP contribution < -0.4 is 0 Å². The molecule has 1 aromatic carbocycles. The van der Waals surface area contributed by atoms with E-state index in [1.807, 2.05) is 30.3 Å². The van der Waals surface area contributed by atoms with Gasteiger partial charge in [0.15, 0.2) is 0 Å². The second-order valence-electron chi connectivity index (χ2n) is 4.72.